The van der Waals surface area contributed by atoms with Gasteiger partial charge >= 0.3 is 0 Å². The molecule has 0 atom stereocenters. The number of methoxy groups -OCH3 is 1. The van der Waals surface area contributed by atoms with Crippen LogP contribution in [0, 0.1) is 6.92 Å². The molecule has 0 unspecified atom stereocenters. The summed E-state index contributed by atoms with van der Waals surface area (Å²) in [5, 5.41) is 8.02. The molecule has 27 heavy (non-hydrogen) atoms. The number of nitrogens with one attached hydrogen (secondary N) is 1. The maximum absolute atomic E-state index is 6.18. The molecular weight excluding hydrogens is 405 g/mol. The highest BCUT2D eigenvalue weighted by atomic mass is 35.5. The van der Waals surface area contributed by atoms with Crippen molar-refractivity contribution in [1.29, 1.82) is 0 Å². The second-order valence-electron chi connectivity index (χ2n) is 5.56. The van der Waals surface area contributed by atoms with E-state index in [-0.39, 0.29) is 6.61 Å². The van der Waals surface area contributed by atoms with Crippen molar-refractivity contribution < 1.29 is 9.47 Å². The molecule has 1 heterocycles. The van der Waals surface area contributed by atoms with Gasteiger partial charge in [-0.25, -0.2) is 4.98 Å². The summed E-state index contributed by atoms with van der Waals surface area (Å²) in [4.78, 5) is 4.28. The minimum atomic E-state index is 0.243. The zero-order chi connectivity index (χ0) is 19.2. The molecule has 2 aromatic carbocycles. The monoisotopic (exact) mass is 421 g/mol. The van der Waals surface area contributed by atoms with Gasteiger partial charge in [0.05, 0.1) is 19.0 Å². The van der Waals surface area contributed by atoms with E-state index in [2.05, 4.69) is 15.5 Å². The normalized spacial score (nSPS) is 11.0. The molecule has 8 heteroatoms. The number of aromatic nitrogens is 1. The van der Waals surface area contributed by atoms with Gasteiger partial charge in [-0.2, -0.15) is 5.10 Å². The van der Waals surface area contributed by atoms with Crippen LogP contribution in [-0.4, -0.2) is 18.3 Å². The number of hydrazone groups is 1. The average Bonchev–Trinajstić information content (AvgIpc) is 3.07. The Labute approximate surface area is 171 Å². The van der Waals surface area contributed by atoms with Crippen molar-refractivity contribution in [1.82, 2.24) is 4.98 Å². The Hall–Kier alpha value is -2.28. The third kappa shape index (κ3) is 5.13. The number of hydrogen-bond acceptors (Lipinski definition) is 6. The van der Waals surface area contributed by atoms with Crippen LogP contribution in [0.1, 0.15) is 16.8 Å². The first kappa shape index (κ1) is 19.5. The van der Waals surface area contributed by atoms with Crippen LogP contribution in [0.4, 0.5) is 5.13 Å². The van der Waals surface area contributed by atoms with Crippen molar-refractivity contribution in [3.05, 3.63) is 68.6 Å². The quantitative estimate of drug-likeness (QED) is 0.387. The Balaban J connectivity index is 1.68. The predicted molar refractivity (Wildman–Crippen MR) is 112 cm³/mol. The summed E-state index contributed by atoms with van der Waals surface area (Å²) in [6.07, 6.45) is 1.69. The maximum Gasteiger partial charge on any atom is 0.203 e. The molecule has 0 fully saturated rings. The fourth-order valence-electron chi connectivity index (χ4n) is 2.27. The number of nitrogens with zero attached hydrogens (tertiary/aromatic N) is 2. The Morgan fingerprint density at radius 3 is 2.63 bits per heavy atom. The molecule has 0 aliphatic rings. The van der Waals surface area contributed by atoms with Gasteiger partial charge < -0.3 is 9.47 Å². The summed E-state index contributed by atoms with van der Waals surface area (Å²) in [6.45, 7) is 2.18. The number of ether oxygens (including phenoxy) is 2. The third-order valence-electron chi connectivity index (χ3n) is 3.61. The van der Waals surface area contributed by atoms with Crippen LogP contribution >= 0.6 is 34.5 Å². The molecule has 1 N–H and O–H groups in total. The number of thiazole rings is 1. The van der Waals surface area contributed by atoms with E-state index in [1.807, 2.05) is 30.5 Å². The highest BCUT2D eigenvalue weighted by Crippen LogP contribution is 2.31. The molecule has 0 saturated carbocycles. The highest BCUT2D eigenvalue weighted by Gasteiger charge is 2.10. The minimum Gasteiger partial charge on any atom is -0.493 e. The van der Waals surface area contributed by atoms with Gasteiger partial charge in [0.15, 0.2) is 11.5 Å². The molecule has 0 radical (unpaired) electrons. The van der Waals surface area contributed by atoms with E-state index in [0.29, 0.717) is 21.5 Å². The molecule has 0 saturated heterocycles. The largest absolute Gasteiger partial charge is 0.493 e. The summed E-state index contributed by atoms with van der Waals surface area (Å²) in [7, 11) is 1.59. The molecule has 0 bridgehead atoms. The lowest BCUT2D eigenvalue weighted by molar-refractivity contribution is 0.284. The topological polar surface area (TPSA) is 55.7 Å². The van der Waals surface area contributed by atoms with E-state index >= 15 is 0 Å². The van der Waals surface area contributed by atoms with E-state index in [9.17, 15) is 0 Å². The molecule has 0 aliphatic heterocycles. The number of benzene rings is 2. The van der Waals surface area contributed by atoms with Gasteiger partial charge in [0.25, 0.3) is 0 Å². The van der Waals surface area contributed by atoms with E-state index in [1.54, 1.807) is 31.5 Å². The van der Waals surface area contributed by atoms with Gasteiger partial charge in [0, 0.05) is 21.0 Å². The number of aryl methyl sites for hydroxylation is 1. The van der Waals surface area contributed by atoms with E-state index in [1.165, 1.54) is 11.3 Å². The number of halogens is 2. The van der Waals surface area contributed by atoms with Crippen molar-refractivity contribution in [2.24, 2.45) is 5.10 Å². The lowest BCUT2D eigenvalue weighted by atomic mass is 10.2. The summed E-state index contributed by atoms with van der Waals surface area (Å²) in [5.41, 5.74) is 5.45. The molecule has 0 amide bonds. The maximum atomic E-state index is 6.18. The second kappa shape index (κ2) is 9.08. The lowest BCUT2D eigenvalue weighted by Gasteiger charge is -2.13. The Morgan fingerprint density at radius 1 is 1.19 bits per heavy atom. The van der Waals surface area contributed by atoms with Gasteiger partial charge in [-0.15, -0.1) is 11.3 Å². The Morgan fingerprint density at radius 2 is 1.96 bits per heavy atom. The fraction of sp³-hybridized carbons (Fsp3) is 0.158. The van der Waals surface area contributed by atoms with Gasteiger partial charge in [-0.05, 0) is 42.8 Å². The molecule has 3 rings (SSSR count). The van der Waals surface area contributed by atoms with Crippen LogP contribution in [0.5, 0.6) is 11.5 Å². The van der Waals surface area contributed by atoms with Crippen molar-refractivity contribution in [2.75, 3.05) is 12.5 Å². The summed E-state index contributed by atoms with van der Waals surface area (Å²) in [6, 6.07) is 10.9. The first-order valence-corrected chi connectivity index (χ1v) is 9.65. The average molecular weight is 422 g/mol. The van der Waals surface area contributed by atoms with Crippen LogP contribution in [0.25, 0.3) is 0 Å². The molecule has 0 spiro atoms. The van der Waals surface area contributed by atoms with Gasteiger partial charge in [-0.1, -0.05) is 29.3 Å². The highest BCUT2D eigenvalue weighted by molar-refractivity contribution is 7.13. The van der Waals surface area contributed by atoms with Crippen LogP contribution in [0.15, 0.2) is 46.9 Å². The zero-order valence-corrected chi connectivity index (χ0v) is 17.0. The number of rotatable bonds is 7. The number of hydrogen-bond donors (Lipinski definition) is 1. The summed E-state index contributed by atoms with van der Waals surface area (Å²) in [5.74, 6) is 1.18. The number of anilines is 1. The van der Waals surface area contributed by atoms with Crippen LogP contribution in [-0.2, 0) is 6.61 Å². The van der Waals surface area contributed by atoms with Crippen molar-refractivity contribution in [2.45, 2.75) is 13.5 Å². The molecular formula is C19H17Cl2N3O2S. The SMILES string of the molecule is COc1cc(C=NNc2nc(C)cs2)ccc1OCc1c(Cl)cccc1Cl. The first-order chi connectivity index (χ1) is 13.1. The third-order valence-corrected chi connectivity index (χ3v) is 5.19. The lowest BCUT2D eigenvalue weighted by Crippen LogP contribution is -2.00. The van der Waals surface area contributed by atoms with Crippen molar-refractivity contribution in [3.63, 3.8) is 0 Å². The van der Waals surface area contributed by atoms with Gasteiger partial charge in [-0.3, -0.25) is 5.43 Å². The fourth-order valence-corrected chi connectivity index (χ4v) is 3.41. The van der Waals surface area contributed by atoms with Gasteiger partial charge in [0.1, 0.15) is 6.61 Å². The molecule has 5 nitrogen and oxygen atoms in total. The van der Waals surface area contributed by atoms with Gasteiger partial charge in [0.2, 0.25) is 5.13 Å². The predicted octanol–water partition coefficient (Wildman–Crippen LogP) is 5.79. The van der Waals surface area contributed by atoms with Crippen LogP contribution < -0.4 is 14.9 Å². The van der Waals surface area contributed by atoms with E-state index < -0.39 is 0 Å². The Bertz CT molecular complexity index is 940. The molecule has 140 valence electrons. The smallest absolute Gasteiger partial charge is 0.203 e. The summed E-state index contributed by atoms with van der Waals surface area (Å²) < 4.78 is 11.3. The van der Waals surface area contributed by atoms with Crippen LogP contribution in [0.3, 0.4) is 0 Å². The second-order valence-corrected chi connectivity index (χ2v) is 7.24. The molecule has 1 aromatic heterocycles. The van der Waals surface area contributed by atoms with E-state index in [0.717, 1.165) is 22.0 Å². The standard InChI is InChI=1S/C19H17Cl2N3O2S/c1-12-11-27-19(23-12)24-22-9-13-6-7-17(18(8-13)25-2)26-10-14-15(20)4-3-5-16(14)21/h3-9,11H,10H2,1-2H3,(H,23,24). The van der Waals surface area contributed by atoms with Crippen molar-refractivity contribution >= 4 is 45.9 Å². The molecule has 0 aliphatic carbocycles. The summed E-state index contributed by atoms with van der Waals surface area (Å²) >= 11 is 13.9. The van der Waals surface area contributed by atoms with Crippen molar-refractivity contribution in [3.8, 4) is 11.5 Å². The van der Waals surface area contributed by atoms with E-state index in [4.69, 9.17) is 32.7 Å². The Kier molecular flexibility index (Phi) is 6.55. The molecule has 3 aromatic rings. The zero-order valence-electron chi connectivity index (χ0n) is 14.7. The minimum absolute atomic E-state index is 0.243. The van der Waals surface area contributed by atoms with Crippen LogP contribution in [0.2, 0.25) is 10.0 Å². The first-order valence-electron chi connectivity index (χ1n) is 8.01.